The molecule has 2 heterocycles. The van der Waals surface area contributed by atoms with Crippen LogP contribution in [0.5, 0.6) is 5.75 Å². The first-order valence-electron chi connectivity index (χ1n) is 10.9. The first kappa shape index (κ1) is 22.0. The Morgan fingerprint density at radius 2 is 1.60 bits per heavy atom. The van der Waals surface area contributed by atoms with Crippen LogP contribution in [0.2, 0.25) is 0 Å². The van der Waals surface area contributed by atoms with Gasteiger partial charge in [-0.2, -0.15) is 0 Å². The van der Waals surface area contributed by atoms with Crippen LogP contribution in [-0.4, -0.2) is 24.1 Å². The number of hydrogen-bond donors (Lipinski definition) is 1. The van der Waals surface area contributed by atoms with Crippen LogP contribution in [0, 0.1) is 0 Å². The largest absolute Gasteiger partial charge is 0.506 e. The highest BCUT2D eigenvalue weighted by Crippen LogP contribution is 2.39. The molecule has 1 aromatic heterocycles. The molecular weight excluding hydrogens is 442 g/mol. The molecule has 0 bridgehead atoms. The number of methoxy groups -OCH3 is 1. The van der Waals surface area contributed by atoms with Crippen LogP contribution in [0.3, 0.4) is 0 Å². The molecule has 1 aliphatic heterocycles. The average Bonchev–Trinajstić information content (AvgIpc) is 3.49. The van der Waals surface area contributed by atoms with Crippen molar-refractivity contribution in [1.82, 2.24) is 0 Å². The maximum absolute atomic E-state index is 13.5. The van der Waals surface area contributed by atoms with E-state index in [0.29, 0.717) is 34.0 Å². The number of nitrogens with zero attached hydrogens (tertiary/aromatic N) is 1. The van der Waals surface area contributed by atoms with Crippen molar-refractivity contribution in [2.75, 3.05) is 12.0 Å². The fourth-order valence-electron chi connectivity index (χ4n) is 3.96. The van der Waals surface area contributed by atoms with Gasteiger partial charge < -0.3 is 14.3 Å². The van der Waals surface area contributed by atoms with Crippen LogP contribution in [0.15, 0.2) is 107 Å². The molecule has 172 valence electrons. The van der Waals surface area contributed by atoms with Crippen molar-refractivity contribution in [2.24, 2.45) is 0 Å². The standard InChI is InChI=1S/C29H21NO5/c1-34-29(33)21-13-11-20(12-14-21)27-16-15-23(35-27)17-22-18-25(19-7-3-2-4-8-19)30(28(22)32)24-9-5-6-10-26(24)31/h2-18,31H,1H3/b22-17+. The quantitative estimate of drug-likeness (QED) is 0.294. The van der Waals surface area contributed by atoms with Gasteiger partial charge in [-0.1, -0.05) is 54.6 Å². The number of ether oxygens (including phenoxy) is 1. The fraction of sp³-hybridized carbons (Fsp3) is 0.0345. The lowest BCUT2D eigenvalue weighted by Crippen LogP contribution is -2.25. The topological polar surface area (TPSA) is 80.0 Å². The van der Waals surface area contributed by atoms with Gasteiger partial charge in [0, 0.05) is 11.1 Å². The zero-order valence-corrected chi connectivity index (χ0v) is 18.8. The number of phenolic OH excluding ortho intramolecular Hbond substituents is 1. The molecule has 1 aliphatic rings. The van der Waals surface area contributed by atoms with E-state index in [4.69, 9.17) is 9.15 Å². The third-order valence-electron chi connectivity index (χ3n) is 5.69. The molecule has 1 N–H and O–H groups in total. The number of carbonyl (C=O) groups is 2. The number of aromatic hydroxyl groups is 1. The predicted octanol–water partition coefficient (Wildman–Crippen LogP) is 5.91. The molecule has 6 heteroatoms. The Balaban J connectivity index is 1.50. The molecule has 5 rings (SSSR count). The number of hydrogen-bond acceptors (Lipinski definition) is 5. The Kier molecular flexibility index (Phi) is 5.77. The van der Waals surface area contributed by atoms with Gasteiger partial charge in [0.05, 0.1) is 24.1 Å². The van der Waals surface area contributed by atoms with Crippen LogP contribution in [0.4, 0.5) is 5.69 Å². The molecule has 4 aromatic rings. The predicted molar refractivity (Wildman–Crippen MR) is 133 cm³/mol. The zero-order valence-electron chi connectivity index (χ0n) is 18.8. The molecule has 0 atom stereocenters. The lowest BCUT2D eigenvalue weighted by Gasteiger charge is -2.21. The summed E-state index contributed by atoms with van der Waals surface area (Å²) >= 11 is 0. The summed E-state index contributed by atoms with van der Waals surface area (Å²) in [5.74, 6) is 0.438. The summed E-state index contributed by atoms with van der Waals surface area (Å²) in [6, 6.07) is 26.7. The molecule has 3 aromatic carbocycles. The second-order valence-electron chi connectivity index (χ2n) is 7.90. The first-order valence-corrected chi connectivity index (χ1v) is 10.9. The second kappa shape index (κ2) is 9.19. The molecule has 0 saturated carbocycles. The van der Waals surface area contributed by atoms with Gasteiger partial charge in [-0.15, -0.1) is 0 Å². The summed E-state index contributed by atoms with van der Waals surface area (Å²) in [5.41, 5.74) is 3.57. The van der Waals surface area contributed by atoms with Gasteiger partial charge in [-0.05, 0) is 54.1 Å². The second-order valence-corrected chi connectivity index (χ2v) is 7.90. The number of para-hydroxylation sites is 2. The number of phenols is 1. The van der Waals surface area contributed by atoms with Gasteiger partial charge in [0.15, 0.2) is 0 Å². The van der Waals surface area contributed by atoms with Crippen LogP contribution in [-0.2, 0) is 9.53 Å². The summed E-state index contributed by atoms with van der Waals surface area (Å²) in [6.45, 7) is 0. The van der Waals surface area contributed by atoms with Crippen molar-refractivity contribution in [3.63, 3.8) is 0 Å². The van der Waals surface area contributed by atoms with E-state index in [2.05, 4.69) is 0 Å². The molecule has 0 unspecified atom stereocenters. The van der Waals surface area contributed by atoms with E-state index in [1.165, 1.54) is 12.0 Å². The van der Waals surface area contributed by atoms with Crippen LogP contribution in [0.1, 0.15) is 21.7 Å². The van der Waals surface area contributed by atoms with Crippen LogP contribution in [0.25, 0.3) is 23.1 Å². The molecule has 0 fully saturated rings. The van der Waals surface area contributed by atoms with E-state index < -0.39 is 5.97 Å². The maximum atomic E-state index is 13.5. The van der Waals surface area contributed by atoms with E-state index in [-0.39, 0.29) is 11.7 Å². The van der Waals surface area contributed by atoms with E-state index in [1.54, 1.807) is 66.7 Å². The Morgan fingerprint density at radius 1 is 0.886 bits per heavy atom. The van der Waals surface area contributed by atoms with Gasteiger partial charge in [-0.25, -0.2) is 4.79 Å². The summed E-state index contributed by atoms with van der Waals surface area (Å²) in [6.07, 6.45) is 3.47. The minimum Gasteiger partial charge on any atom is -0.506 e. The number of furan rings is 1. The van der Waals surface area contributed by atoms with Gasteiger partial charge in [0.2, 0.25) is 0 Å². The SMILES string of the molecule is COC(=O)c1ccc(-c2ccc(/C=C3\C=C(c4ccccc4)N(c4ccccc4O)C3=O)o2)cc1. The minimum absolute atomic E-state index is 0.0135. The number of esters is 1. The normalized spacial score (nSPS) is 14.3. The maximum Gasteiger partial charge on any atom is 0.337 e. The summed E-state index contributed by atoms with van der Waals surface area (Å²) < 4.78 is 10.7. The molecule has 0 spiro atoms. The Morgan fingerprint density at radius 3 is 2.31 bits per heavy atom. The minimum atomic E-state index is -0.406. The van der Waals surface area contributed by atoms with Crippen LogP contribution < -0.4 is 4.90 Å². The molecular formula is C29H21NO5. The lowest BCUT2D eigenvalue weighted by molar-refractivity contribution is -0.113. The number of carbonyl (C=O) groups excluding carboxylic acids is 2. The number of benzene rings is 3. The van der Waals surface area contributed by atoms with Gasteiger partial charge in [-0.3, -0.25) is 9.69 Å². The van der Waals surface area contributed by atoms with Gasteiger partial charge in [0.1, 0.15) is 17.3 Å². The van der Waals surface area contributed by atoms with Crippen molar-refractivity contribution in [3.05, 3.63) is 120 Å². The summed E-state index contributed by atoms with van der Waals surface area (Å²) in [7, 11) is 1.34. The van der Waals surface area contributed by atoms with Gasteiger partial charge in [0.25, 0.3) is 5.91 Å². The highest BCUT2D eigenvalue weighted by Gasteiger charge is 2.32. The average molecular weight is 463 g/mol. The third-order valence-corrected chi connectivity index (χ3v) is 5.69. The zero-order chi connectivity index (χ0) is 24.4. The van der Waals surface area contributed by atoms with Crippen molar-refractivity contribution >= 4 is 29.3 Å². The monoisotopic (exact) mass is 463 g/mol. The lowest BCUT2D eigenvalue weighted by atomic mass is 10.1. The Labute approximate surface area is 202 Å². The van der Waals surface area contributed by atoms with E-state index in [9.17, 15) is 14.7 Å². The van der Waals surface area contributed by atoms with E-state index in [1.807, 2.05) is 36.4 Å². The number of rotatable bonds is 5. The molecule has 0 aliphatic carbocycles. The van der Waals surface area contributed by atoms with Crippen molar-refractivity contribution in [1.29, 1.82) is 0 Å². The summed E-state index contributed by atoms with van der Waals surface area (Å²) in [5, 5.41) is 10.4. The third kappa shape index (κ3) is 4.25. The highest BCUT2D eigenvalue weighted by molar-refractivity contribution is 6.23. The van der Waals surface area contributed by atoms with Crippen molar-refractivity contribution in [2.45, 2.75) is 0 Å². The van der Waals surface area contributed by atoms with Crippen LogP contribution >= 0.6 is 0 Å². The molecule has 6 nitrogen and oxygen atoms in total. The smallest absolute Gasteiger partial charge is 0.337 e. The summed E-state index contributed by atoms with van der Waals surface area (Å²) in [4.78, 5) is 26.6. The fourth-order valence-corrected chi connectivity index (χ4v) is 3.96. The first-order chi connectivity index (χ1) is 17.0. The van der Waals surface area contributed by atoms with E-state index >= 15 is 0 Å². The Hall–Kier alpha value is -4.84. The number of amides is 1. The Bertz CT molecular complexity index is 1460. The van der Waals surface area contributed by atoms with Gasteiger partial charge >= 0.3 is 5.97 Å². The molecule has 35 heavy (non-hydrogen) atoms. The van der Waals surface area contributed by atoms with Crippen molar-refractivity contribution < 1.29 is 23.8 Å². The highest BCUT2D eigenvalue weighted by atomic mass is 16.5. The van der Waals surface area contributed by atoms with E-state index in [0.717, 1.165) is 11.1 Å². The molecule has 0 saturated heterocycles. The number of anilines is 1. The van der Waals surface area contributed by atoms with Crippen molar-refractivity contribution in [3.8, 4) is 17.1 Å². The molecule has 0 radical (unpaired) electrons. The molecule has 1 amide bonds.